The maximum Gasteiger partial charge on any atom is 0.491 e. The Hall–Kier alpha value is -3.49. The number of hydrogen-bond donors (Lipinski definition) is 3. The van der Waals surface area contributed by atoms with Gasteiger partial charge in [-0.05, 0) is 65.1 Å². The summed E-state index contributed by atoms with van der Waals surface area (Å²) < 4.78 is 11.1. The van der Waals surface area contributed by atoms with Crippen LogP contribution >= 0.6 is 0 Å². The number of urea groups is 1. The van der Waals surface area contributed by atoms with Gasteiger partial charge in [-0.25, -0.2) is 4.79 Å². The van der Waals surface area contributed by atoms with Gasteiger partial charge in [0.2, 0.25) is 0 Å². The molecule has 0 saturated heterocycles. The van der Waals surface area contributed by atoms with E-state index in [0.717, 1.165) is 28.0 Å². The van der Waals surface area contributed by atoms with Crippen LogP contribution in [0.15, 0.2) is 66.7 Å². The fraction of sp³-hybridized carbons (Fsp3) is 0.174. The van der Waals surface area contributed by atoms with Crippen LogP contribution in [0.5, 0.6) is 11.5 Å². The number of carbonyl (C=O) groups is 1. The Morgan fingerprint density at radius 1 is 1.06 bits per heavy atom. The lowest BCUT2D eigenvalue weighted by Crippen LogP contribution is -2.28. The number of nitrogens with one attached hydrogen (secondary N) is 2. The van der Waals surface area contributed by atoms with Crippen molar-refractivity contribution >= 4 is 30.0 Å². The van der Waals surface area contributed by atoms with Gasteiger partial charge in [-0.15, -0.1) is 0 Å². The normalized spacial score (nSPS) is 12.3. The van der Waals surface area contributed by atoms with E-state index in [4.69, 9.17) is 9.39 Å². The molecule has 1 aliphatic heterocycles. The van der Waals surface area contributed by atoms with Gasteiger partial charge in [0.25, 0.3) is 0 Å². The molecular formula is C23H24BN3O4. The monoisotopic (exact) mass is 417 g/mol. The standard InChI is InChI=1S/C23H24BN3O4/c1-27(2)19-7-5-18(6-8-19)26-23(28)25-14-16-3-9-20(10-4-16)31-21-11-12-22-17(13-21)15-30-24(22)29/h3-13,29H,14-15H2,1-2H3,(H2,25,26,28). The van der Waals surface area contributed by atoms with Crippen molar-refractivity contribution in [1.82, 2.24) is 5.32 Å². The van der Waals surface area contributed by atoms with Crippen LogP contribution in [0.1, 0.15) is 11.1 Å². The van der Waals surface area contributed by atoms with Crippen molar-refractivity contribution in [2.75, 3.05) is 24.3 Å². The molecule has 0 fully saturated rings. The van der Waals surface area contributed by atoms with E-state index >= 15 is 0 Å². The molecule has 0 radical (unpaired) electrons. The molecule has 158 valence electrons. The van der Waals surface area contributed by atoms with Gasteiger partial charge in [0.1, 0.15) is 11.5 Å². The van der Waals surface area contributed by atoms with Gasteiger partial charge in [-0.2, -0.15) is 0 Å². The van der Waals surface area contributed by atoms with Crippen LogP contribution in [0.25, 0.3) is 0 Å². The Bertz CT molecular complexity index is 1060. The third-order valence-electron chi connectivity index (χ3n) is 5.03. The van der Waals surface area contributed by atoms with E-state index in [1.165, 1.54) is 0 Å². The molecule has 0 atom stereocenters. The van der Waals surface area contributed by atoms with Gasteiger partial charge in [-0.3, -0.25) is 0 Å². The van der Waals surface area contributed by atoms with E-state index in [1.54, 1.807) is 0 Å². The van der Waals surface area contributed by atoms with Crippen LogP contribution in [-0.2, 0) is 17.8 Å². The van der Waals surface area contributed by atoms with Crippen molar-refractivity contribution < 1.29 is 19.2 Å². The first kappa shape index (κ1) is 20.8. The summed E-state index contributed by atoms with van der Waals surface area (Å²) in [6.07, 6.45) is 0. The lowest BCUT2D eigenvalue weighted by atomic mass is 9.80. The summed E-state index contributed by atoms with van der Waals surface area (Å²) in [5.74, 6) is 1.37. The number of ether oxygens (including phenoxy) is 1. The number of nitrogens with zero attached hydrogens (tertiary/aromatic N) is 1. The second-order valence-corrected chi connectivity index (χ2v) is 7.52. The number of rotatable bonds is 6. The first-order chi connectivity index (χ1) is 15.0. The van der Waals surface area contributed by atoms with E-state index in [1.807, 2.05) is 85.7 Å². The highest BCUT2D eigenvalue weighted by atomic mass is 16.5. The summed E-state index contributed by atoms with van der Waals surface area (Å²) in [5, 5.41) is 15.4. The molecule has 0 aromatic heterocycles. The van der Waals surface area contributed by atoms with Crippen LogP contribution in [-0.4, -0.2) is 32.3 Å². The van der Waals surface area contributed by atoms with E-state index in [9.17, 15) is 9.82 Å². The van der Waals surface area contributed by atoms with Gasteiger partial charge in [0.15, 0.2) is 0 Å². The molecule has 31 heavy (non-hydrogen) atoms. The van der Waals surface area contributed by atoms with Gasteiger partial charge in [0.05, 0.1) is 6.61 Å². The van der Waals surface area contributed by atoms with Crippen molar-refractivity contribution in [3.05, 3.63) is 77.9 Å². The first-order valence-electron chi connectivity index (χ1n) is 9.99. The predicted molar refractivity (Wildman–Crippen MR) is 122 cm³/mol. The topological polar surface area (TPSA) is 83.1 Å². The summed E-state index contributed by atoms with van der Waals surface area (Å²) in [6.45, 7) is 0.774. The van der Waals surface area contributed by atoms with Gasteiger partial charge < -0.3 is 29.9 Å². The average molecular weight is 417 g/mol. The highest BCUT2D eigenvalue weighted by molar-refractivity contribution is 6.61. The Balaban J connectivity index is 1.28. The molecule has 0 bridgehead atoms. The molecule has 1 aliphatic rings. The summed E-state index contributed by atoms with van der Waals surface area (Å²) in [7, 11) is 3.08. The lowest BCUT2D eigenvalue weighted by molar-refractivity contribution is 0.251. The number of carbonyl (C=O) groups excluding carboxylic acids is 1. The molecule has 7 nitrogen and oxygen atoms in total. The SMILES string of the molecule is CN(C)c1ccc(NC(=O)NCc2ccc(Oc3ccc4c(c3)COB4O)cc2)cc1. The molecule has 1 heterocycles. The minimum atomic E-state index is -0.856. The third kappa shape index (κ3) is 5.17. The molecule has 3 N–H and O–H groups in total. The van der Waals surface area contributed by atoms with Crippen LogP contribution in [0.4, 0.5) is 16.2 Å². The number of hydrogen-bond acceptors (Lipinski definition) is 5. The van der Waals surface area contributed by atoms with Crippen molar-refractivity contribution in [2.45, 2.75) is 13.2 Å². The molecule has 2 amide bonds. The number of amides is 2. The number of benzene rings is 3. The van der Waals surface area contributed by atoms with Crippen LogP contribution < -0.4 is 25.7 Å². The van der Waals surface area contributed by atoms with Crippen molar-refractivity contribution in [2.24, 2.45) is 0 Å². The van der Waals surface area contributed by atoms with Crippen molar-refractivity contribution in [3.63, 3.8) is 0 Å². The Morgan fingerprint density at radius 3 is 2.48 bits per heavy atom. The summed E-state index contributed by atoms with van der Waals surface area (Å²) in [6, 6.07) is 20.4. The molecule has 4 rings (SSSR count). The number of anilines is 2. The first-order valence-corrected chi connectivity index (χ1v) is 9.99. The zero-order chi connectivity index (χ0) is 21.8. The summed E-state index contributed by atoms with van der Waals surface area (Å²) in [4.78, 5) is 14.1. The second-order valence-electron chi connectivity index (χ2n) is 7.52. The number of fused-ring (bicyclic) bond motifs is 1. The van der Waals surface area contributed by atoms with E-state index in [0.29, 0.717) is 24.7 Å². The van der Waals surface area contributed by atoms with Crippen LogP contribution in [0.3, 0.4) is 0 Å². The Kier molecular flexibility index (Phi) is 6.11. The molecule has 0 saturated carbocycles. The molecule has 3 aromatic carbocycles. The highest BCUT2D eigenvalue weighted by Gasteiger charge is 2.27. The maximum atomic E-state index is 12.1. The lowest BCUT2D eigenvalue weighted by Gasteiger charge is -2.13. The minimum Gasteiger partial charge on any atom is -0.457 e. The van der Waals surface area contributed by atoms with E-state index in [-0.39, 0.29) is 6.03 Å². The fourth-order valence-electron chi connectivity index (χ4n) is 3.28. The van der Waals surface area contributed by atoms with Crippen molar-refractivity contribution in [1.29, 1.82) is 0 Å². The molecular weight excluding hydrogens is 393 g/mol. The van der Waals surface area contributed by atoms with Gasteiger partial charge in [0, 0.05) is 32.0 Å². The predicted octanol–water partition coefficient (Wildman–Crippen LogP) is 3.08. The van der Waals surface area contributed by atoms with E-state index < -0.39 is 7.12 Å². The van der Waals surface area contributed by atoms with Crippen molar-refractivity contribution in [3.8, 4) is 11.5 Å². The largest absolute Gasteiger partial charge is 0.491 e. The smallest absolute Gasteiger partial charge is 0.457 e. The quantitative estimate of drug-likeness (QED) is 0.537. The molecule has 0 spiro atoms. The zero-order valence-electron chi connectivity index (χ0n) is 17.5. The molecule has 3 aromatic rings. The zero-order valence-corrected chi connectivity index (χ0v) is 17.5. The highest BCUT2D eigenvalue weighted by Crippen LogP contribution is 2.24. The summed E-state index contributed by atoms with van der Waals surface area (Å²) in [5.41, 5.74) is 4.46. The Morgan fingerprint density at radius 2 is 1.77 bits per heavy atom. The van der Waals surface area contributed by atoms with Crippen LogP contribution in [0.2, 0.25) is 0 Å². The third-order valence-corrected chi connectivity index (χ3v) is 5.03. The maximum absolute atomic E-state index is 12.1. The molecule has 8 heteroatoms. The second kappa shape index (κ2) is 9.12. The van der Waals surface area contributed by atoms with E-state index in [2.05, 4.69) is 10.6 Å². The Labute approximate surface area is 181 Å². The van der Waals surface area contributed by atoms with Crippen LogP contribution in [0, 0.1) is 0 Å². The average Bonchev–Trinajstić information content (AvgIpc) is 3.14. The summed E-state index contributed by atoms with van der Waals surface area (Å²) >= 11 is 0. The van der Waals surface area contributed by atoms with Gasteiger partial charge >= 0.3 is 13.1 Å². The molecule has 0 aliphatic carbocycles. The minimum absolute atomic E-state index is 0.263. The molecule has 0 unspecified atom stereocenters. The fourth-order valence-corrected chi connectivity index (χ4v) is 3.28. The van der Waals surface area contributed by atoms with Gasteiger partial charge in [-0.1, -0.05) is 18.2 Å².